The fraction of sp³-hybridized carbons (Fsp3) is 0.429. The first-order valence-electron chi connectivity index (χ1n) is 5.90. The lowest BCUT2D eigenvalue weighted by atomic mass is 10.1. The van der Waals surface area contributed by atoms with Crippen LogP contribution < -0.4 is 4.74 Å². The van der Waals surface area contributed by atoms with Crippen LogP contribution in [0.2, 0.25) is 0 Å². The van der Waals surface area contributed by atoms with Crippen molar-refractivity contribution in [3.05, 3.63) is 35.9 Å². The van der Waals surface area contributed by atoms with Gasteiger partial charge in [0.2, 0.25) is 0 Å². The first kappa shape index (κ1) is 12.1. The summed E-state index contributed by atoms with van der Waals surface area (Å²) in [6, 6.07) is 7.89. The van der Waals surface area contributed by atoms with Crippen LogP contribution in [0, 0.1) is 0 Å². The Balaban J connectivity index is 1.90. The summed E-state index contributed by atoms with van der Waals surface area (Å²) >= 11 is 0. The van der Waals surface area contributed by atoms with E-state index in [0.717, 1.165) is 24.2 Å². The second-order valence-electron chi connectivity index (χ2n) is 4.24. The van der Waals surface area contributed by atoms with Crippen LogP contribution in [0.1, 0.15) is 18.4 Å². The molecule has 1 N–H and O–H groups in total. The molecule has 17 heavy (non-hydrogen) atoms. The normalized spacial score (nSPS) is 25.1. The second kappa shape index (κ2) is 5.84. The number of methoxy groups -OCH3 is 1. The van der Waals surface area contributed by atoms with Crippen molar-refractivity contribution in [1.29, 1.82) is 0 Å². The number of rotatable bonds is 3. The first-order valence-corrected chi connectivity index (χ1v) is 5.90. The molecule has 0 aromatic heterocycles. The number of ether oxygens (including phenoxy) is 2. The van der Waals surface area contributed by atoms with Crippen molar-refractivity contribution in [3.8, 4) is 5.75 Å². The van der Waals surface area contributed by atoms with E-state index in [1.54, 1.807) is 7.11 Å². The predicted molar refractivity (Wildman–Crippen MR) is 67.0 cm³/mol. The standard InChI is InChI=1S/C14H18O3/c1-16-13-6-2-11(3-7-13)4-8-14-9-5-12(15)10-17-14/h2-4,6-8,12,14-15H,5,9-10H2,1H3/b8-4+. The van der Waals surface area contributed by atoms with Crippen molar-refractivity contribution in [2.75, 3.05) is 13.7 Å². The average Bonchev–Trinajstić information content (AvgIpc) is 2.39. The van der Waals surface area contributed by atoms with Gasteiger partial charge in [0.15, 0.2) is 0 Å². The van der Waals surface area contributed by atoms with Crippen LogP contribution in [0.5, 0.6) is 5.75 Å². The van der Waals surface area contributed by atoms with Gasteiger partial charge in [0.25, 0.3) is 0 Å². The van der Waals surface area contributed by atoms with E-state index in [0.29, 0.717) is 6.61 Å². The molecule has 1 saturated heterocycles. The third-order valence-electron chi connectivity index (χ3n) is 2.91. The molecule has 1 heterocycles. The Labute approximate surface area is 102 Å². The summed E-state index contributed by atoms with van der Waals surface area (Å²) < 4.78 is 10.6. The summed E-state index contributed by atoms with van der Waals surface area (Å²) in [7, 11) is 1.66. The molecular formula is C14H18O3. The molecule has 0 radical (unpaired) electrons. The summed E-state index contributed by atoms with van der Waals surface area (Å²) in [6.07, 6.45) is 5.63. The summed E-state index contributed by atoms with van der Waals surface area (Å²) in [5.41, 5.74) is 1.13. The van der Waals surface area contributed by atoms with Crippen molar-refractivity contribution in [2.45, 2.75) is 25.0 Å². The highest BCUT2D eigenvalue weighted by Crippen LogP contribution is 2.17. The molecule has 0 bridgehead atoms. The molecule has 3 nitrogen and oxygen atoms in total. The maximum Gasteiger partial charge on any atom is 0.118 e. The van der Waals surface area contributed by atoms with Gasteiger partial charge in [-0.15, -0.1) is 0 Å². The largest absolute Gasteiger partial charge is 0.497 e. The number of aliphatic hydroxyl groups excluding tert-OH is 1. The first-order chi connectivity index (χ1) is 8.28. The molecule has 1 aromatic carbocycles. The molecule has 1 aliphatic heterocycles. The van der Waals surface area contributed by atoms with Crippen molar-refractivity contribution in [1.82, 2.24) is 0 Å². The Morgan fingerprint density at radius 3 is 2.65 bits per heavy atom. The van der Waals surface area contributed by atoms with Gasteiger partial charge in [-0.1, -0.05) is 24.3 Å². The highest BCUT2D eigenvalue weighted by molar-refractivity contribution is 5.51. The lowest BCUT2D eigenvalue weighted by Crippen LogP contribution is -2.27. The Kier molecular flexibility index (Phi) is 4.18. The Hall–Kier alpha value is -1.32. The van der Waals surface area contributed by atoms with Gasteiger partial charge in [-0.2, -0.15) is 0 Å². The van der Waals surface area contributed by atoms with Gasteiger partial charge in [0.05, 0.1) is 25.9 Å². The van der Waals surface area contributed by atoms with E-state index in [9.17, 15) is 5.11 Å². The summed E-state index contributed by atoms with van der Waals surface area (Å²) in [5.74, 6) is 0.860. The van der Waals surface area contributed by atoms with Crippen molar-refractivity contribution >= 4 is 6.08 Å². The molecule has 0 spiro atoms. The van der Waals surface area contributed by atoms with Gasteiger partial charge in [0.1, 0.15) is 5.75 Å². The topological polar surface area (TPSA) is 38.7 Å². The zero-order chi connectivity index (χ0) is 12.1. The Bertz CT molecular complexity index is 362. The van der Waals surface area contributed by atoms with E-state index < -0.39 is 0 Å². The zero-order valence-electron chi connectivity index (χ0n) is 10.0. The van der Waals surface area contributed by atoms with Crippen LogP contribution in [0.15, 0.2) is 30.3 Å². The van der Waals surface area contributed by atoms with E-state index in [2.05, 4.69) is 0 Å². The van der Waals surface area contributed by atoms with Gasteiger partial charge >= 0.3 is 0 Å². The number of aliphatic hydroxyl groups is 1. The molecule has 3 heteroatoms. The number of hydrogen-bond donors (Lipinski definition) is 1. The second-order valence-corrected chi connectivity index (χ2v) is 4.24. The molecular weight excluding hydrogens is 216 g/mol. The Morgan fingerprint density at radius 1 is 1.29 bits per heavy atom. The lowest BCUT2D eigenvalue weighted by molar-refractivity contribution is -0.0355. The molecule has 1 fully saturated rings. The molecule has 2 atom stereocenters. The number of benzene rings is 1. The molecule has 2 unspecified atom stereocenters. The molecule has 2 rings (SSSR count). The lowest BCUT2D eigenvalue weighted by Gasteiger charge is -2.23. The maximum absolute atomic E-state index is 9.31. The van der Waals surface area contributed by atoms with Gasteiger partial charge in [-0.3, -0.25) is 0 Å². The third-order valence-corrected chi connectivity index (χ3v) is 2.91. The van der Waals surface area contributed by atoms with Crippen LogP contribution in [0.25, 0.3) is 6.08 Å². The van der Waals surface area contributed by atoms with Crippen molar-refractivity contribution < 1.29 is 14.6 Å². The SMILES string of the molecule is COc1ccc(/C=C/C2CCC(O)CO2)cc1. The van der Waals surface area contributed by atoms with Crippen LogP contribution in [-0.2, 0) is 4.74 Å². The quantitative estimate of drug-likeness (QED) is 0.871. The van der Waals surface area contributed by atoms with Crippen LogP contribution >= 0.6 is 0 Å². The monoisotopic (exact) mass is 234 g/mol. The van der Waals surface area contributed by atoms with E-state index in [4.69, 9.17) is 9.47 Å². The van der Waals surface area contributed by atoms with Crippen molar-refractivity contribution in [3.63, 3.8) is 0 Å². The van der Waals surface area contributed by atoms with E-state index in [1.165, 1.54) is 0 Å². The molecule has 0 amide bonds. The van der Waals surface area contributed by atoms with Crippen LogP contribution in [0.4, 0.5) is 0 Å². The minimum absolute atomic E-state index is 0.125. The Morgan fingerprint density at radius 2 is 2.06 bits per heavy atom. The third kappa shape index (κ3) is 3.58. The summed E-state index contributed by atoms with van der Waals surface area (Å²) in [6.45, 7) is 0.442. The molecule has 0 saturated carbocycles. The van der Waals surface area contributed by atoms with Crippen LogP contribution in [-0.4, -0.2) is 31.0 Å². The summed E-state index contributed by atoms with van der Waals surface area (Å²) in [5, 5.41) is 9.31. The van der Waals surface area contributed by atoms with Crippen molar-refractivity contribution in [2.24, 2.45) is 0 Å². The smallest absolute Gasteiger partial charge is 0.118 e. The van der Waals surface area contributed by atoms with Gasteiger partial charge in [-0.25, -0.2) is 0 Å². The zero-order valence-corrected chi connectivity index (χ0v) is 10.0. The predicted octanol–water partition coefficient (Wildman–Crippen LogP) is 2.25. The average molecular weight is 234 g/mol. The summed E-state index contributed by atoms with van der Waals surface area (Å²) in [4.78, 5) is 0. The highest BCUT2D eigenvalue weighted by atomic mass is 16.5. The molecule has 92 valence electrons. The van der Waals surface area contributed by atoms with Crippen LogP contribution in [0.3, 0.4) is 0 Å². The number of hydrogen-bond acceptors (Lipinski definition) is 3. The fourth-order valence-corrected chi connectivity index (χ4v) is 1.84. The van der Waals surface area contributed by atoms with E-state index in [-0.39, 0.29) is 12.2 Å². The maximum atomic E-state index is 9.31. The van der Waals surface area contributed by atoms with Gasteiger partial charge in [0, 0.05) is 0 Å². The van der Waals surface area contributed by atoms with Gasteiger partial charge in [-0.05, 0) is 30.5 Å². The molecule has 0 aliphatic carbocycles. The van der Waals surface area contributed by atoms with Gasteiger partial charge < -0.3 is 14.6 Å². The fourth-order valence-electron chi connectivity index (χ4n) is 1.84. The minimum atomic E-state index is -0.291. The molecule has 1 aromatic rings. The highest BCUT2D eigenvalue weighted by Gasteiger charge is 2.17. The van der Waals surface area contributed by atoms with E-state index >= 15 is 0 Å². The van der Waals surface area contributed by atoms with E-state index in [1.807, 2.05) is 36.4 Å². The minimum Gasteiger partial charge on any atom is -0.497 e. The molecule has 1 aliphatic rings.